The Morgan fingerprint density at radius 2 is 1.26 bits per heavy atom. The van der Waals surface area contributed by atoms with Crippen LogP contribution < -0.4 is 0 Å². The number of fused-ring (bicyclic) bond motifs is 9. The van der Waals surface area contributed by atoms with Gasteiger partial charge in [-0.1, -0.05) is 189 Å². The van der Waals surface area contributed by atoms with E-state index in [0.29, 0.717) is 17.5 Å². The zero-order valence-electron chi connectivity index (χ0n) is 34.9. The van der Waals surface area contributed by atoms with E-state index in [0.717, 1.165) is 41.5 Å². The fourth-order valence-electron chi connectivity index (χ4n) is 11.1. The molecule has 0 saturated carbocycles. The maximum Gasteiger partial charge on any atom is 0.164 e. The minimum absolute atomic E-state index is 0.111. The maximum atomic E-state index is 5.33. The molecule has 62 heavy (non-hydrogen) atoms. The van der Waals surface area contributed by atoms with Gasteiger partial charge < -0.3 is 0 Å². The standard InChI is InChI=1S/C58H44N4/c1-57(2)47-24-9-11-26-49(47)58(50-27-12-10-25-48(50)57)46-34-33-42(37-29-31-38(32-30-37)43-22-13-20-39-21-15-35-59-53(39)43)36-45(46)52-44(23-14-28-51(52)58)56-61-54(40-16-5-3-6-17-40)60-55(62-56)41-18-7-4-8-19-41/h3-9,11-24,26-31,33-36,38H,10,25,32H2,1-2H3. The van der Waals surface area contributed by atoms with Gasteiger partial charge in [-0.25, -0.2) is 15.0 Å². The fourth-order valence-corrected chi connectivity index (χ4v) is 11.1. The van der Waals surface area contributed by atoms with Crippen LogP contribution in [0.25, 0.3) is 61.8 Å². The predicted octanol–water partition coefficient (Wildman–Crippen LogP) is 13.8. The number of aromatic nitrogens is 4. The Labute approximate surface area is 362 Å². The van der Waals surface area contributed by atoms with E-state index in [4.69, 9.17) is 19.9 Å². The number of benzene rings is 6. The van der Waals surface area contributed by atoms with Gasteiger partial charge in [0.2, 0.25) is 0 Å². The molecule has 0 radical (unpaired) electrons. The summed E-state index contributed by atoms with van der Waals surface area (Å²) in [4.78, 5) is 20.5. The lowest BCUT2D eigenvalue weighted by molar-refractivity contribution is 0.524. The van der Waals surface area contributed by atoms with Crippen LogP contribution >= 0.6 is 0 Å². The molecular weight excluding hydrogens is 753 g/mol. The van der Waals surface area contributed by atoms with Gasteiger partial charge in [0.1, 0.15) is 0 Å². The van der Waals surface area contributed by atoms with Crippen molar-refractivity contribution < 1.29 is 0 Å². The largest absolute Gasteiger partial charge is 0.256 e. The van der Waals surface area contributed by atoms with Crippen LogP contribution in [0.4, 0.5) is 0 Å². The molecule has 0 aliphatic heterocycles. The quantitative estimate of drug-likeness (QED) is 0.174. The van der Waals surface area contributed by atoms with E-state index < -0.39 is 5.41 Å². The number of hydrogen-bond acceptors (Lipinski definition) is 4. The molecule has 1 spiro atoms. The highest BCUT2D eigenvalue weighted by atomic mass is 15.0. The number of rotatable bonds is 5. The third-order valence-corrected chi connectivity index (χ3v) is 13.9. The highest BCUT2D eigenvalue weighted by Crippen LogP contribution is 2.64. The number of hydrogen-bond donors (Lipinski definition) is 0. The number of para-hydroxylation sites is 1. The van der Waals surface area contributed by atoms with Crippen LogP contribution in [-0.2, 0) is 10.8 Å². The Morgan fingerprint density at radius 1 is 0.565 bits per heavy atom. The summed E-state index contributed by atoms with van der Waals surface area (Å²) in [6.45, 7) is 4.85. The van der Waals surface area contributed by atoms with Crippen LogP contribution in [0.3, 0.4) is 0 Å². The molecule has 2 heterocycles. The second-order valence-electron chi connectivity index (χ2n) is 17.6. The number of nitrogens with zero attached hydrogens (tertiary/aromatic N) is 4. The lowest BCUT2D eigenvalue weighted by atomic mass is 9.54. The van der Waals surface area contributed by atoms with E-state index in [1.54, 1.807) is 0 Å². The Bertz CT molecular complexity index is 3180. The normalized spacial score (nSPS) is 19.2. The third-order valence-electron chi connectivity index (χ3n) is 13.9. The van der Waals surface area contributed by atoms with Gasteiger partial charge in [-0.15, -0.1) is 0 Å². The van der Waals surface area contributed by atoms with Gasteiger partial charge in [0, 0.05) is 39.6 Å². The first-order valence-electron chi connectivity index (χ1n) is 21.9. The van der Waals surface area contributed by atoms with Crippen LogP contribution in [0.1, 0.15) is 72.4 Å². The molecule has 4 aliphatic rings. The average molecular weight is 797 g/mol. The second kappa shape index (κ2) is 14.1. The van der Waals surface area contributed by atoms with Crippen molar-refractivity contribution in [2.45, 2.75) is 49.9 Å². The molecule has 0 N–H and O–H groups in total. The molecule has 0 fully saturated rings. The van der Waals surface area contributed by atoms with E-state index >= 15 is 0 Å². The molecule has 2 atom stereocenters. The van der Waals surface area contributed by atoms with Crippen molar-refractivity contribution in [2.75, 3.05) is 0 Å². The molecule has 0 saturated heterocycles. The van der Waals surface area contributed by atoms with Crippen LogP contribution in [0, 0.1) is 0 Å². The van der Waals surface area contributed by atoms with Crippen LogP contribution in [0.5, 0.6) is 0 Å². The van der Waals surface area contributed by atoms with Gasteiger partial charge in [-0.3, -0.25) is 4.98 Å². The fraction of sp³-hybridized carbons (Fsp3) is 0.138. The van der Waals surface area contributed by atoms with Gasteiger partial charge in [-0.2, -0.15) is 0 Å². The molecule has 6 aromatic carbocycles. The summed E-state index contributed by atoms with van der Waals surface area (Å²) in [7, 11) is 0. The van der Waals surface area contributed by atoms with Gasteiger partial charge in [0.15, 0.2) is 17.5 Å². The summed E-state index contributed by atoms with van der Waals surface area (Å²) >= 11 is 0. The third kappa shape index (κ3) is 5.45. The molecule has 296 valence electrons. The highest BCUT2D eigenvalue weighted by Gasteiger charge is 2.54. The topological polar surface area (TPSA) is 51.6 Å². The Hall–Kier alpha value is -7.30. The summed E-state index contributed by atoms with van der Waals surface area (Å²) in [6.07, 6.45) is 16.8. The van der Waals surface area contributed by atoms with Crippen molar-refractivity contribution in [3.8, 4) is 45.3 Å². The Kier molecular flexibility index (Phi) is 8.33. The lowest BCUT2D eigenvalue weighted by Crippen LogP contribution is -2.41. The van der Waals surface area contributed by atoms with Gasteiger partial charge in [-0.05, 0) is 87.0 Å². The first-order valence-corrected chi connectivity index (χ1v) is 21.9. The molecule has 4 nitrogen and oxygen atoms in total. The Balaban J connectivity index is 1.09. The SMILES string of the molecule is CC1(C)C2=C(C=CCC2)C2(c3ccc(C4=CCC(c5cccc6cccnc56)C=C4)cc3-c3c(-c4nc(-c5ccccc5)nc(-c5ccccc5)n4)cccc32)c2ccccc21. The molecule has 4 heteroatoms. The zero-order chi connectivity index (χ0) is 41.4. The van der Waals surface area contributed by atoms with E-state index in [2.05, 4.69) is 153 Å². The Morgan fingerprint density at radius 3 is 2.02 bits per heavy atom. The average Bonchev–Trinajstić information content (AvgIpc) is 3.64. The van der Waals surface area contributed by atoms with Crippen molar-refractivity contribution in [3.63, 3.8) is 0 Å². The van der Waals surface area contributed by atoms with Gasteiger partial charge >= 0.3 is 0 Å². The minimum atomic E-state index is -0.516. The van der Waals surface area contributed by atoms with Crippen molar-refractivity contribution in [3.05, 3.63) is 233 Å². The van der Waals surface area contributed by atoms with E-state index in [1.165, 1.54) is 66.6 Å². The van der Waals surface area contributed by atoms with Crippen LogP contribution in [0.2, 0.25) is 0 Å². The molecule has 4 aliphatic carbocycles. The van der Waals surface area contributed by atoms with E-state index in [9.17, 15) is 0 Å². The minimum Gasteiger partial charge on any atom is -0.256 e. The summed E-state index contributed by atoms with van der Waals surface area (Å²) in [5, 5.41) is 1.18. The summed E-state index contributed by atoms with van der Waals surface area (Å²) in [5.74, 6) is 2.25. The van der Waals surface area contributed by atoms with Crippen molar-refractivity contribution in [2.24, 2.45) is 0 Å². The molecular formula is C58H44N4. The zero-order valence-corrected chi connectivity index (χ0v) is 34.9. The van der Waals surface area contributed by atoms with Gasteiger partial charge in [0.25, 0.3) is 0 Å². The first kappa shape index (κ1) is 36.5. The lowest BCUT2D eigenvalue weighted by Gasteiger charge is -2.48. The molecule has 0 bridgehead atoms. The summed E-state index contributed by atoms with van der Waals surface area (Å²) < 4.78 is 0. The first-order chi connectivity index (χ1) is 30.5. The van der Waals surface area contributed by atoms with E-state index in [1.807, 2.05) is 48.7 Å². The molecule has 2 aromatic heterocycles. The molecule has 8 aromatic rings. The smallest absolute Gasteiger partial charge is 0.164 e. The summed E-state index contributed by atoms with van der Waals surface area (Å²) in [5.41, 5.74) is 17.8. The van der Waals surface area contributed by atoms with Crippen LogP contribution in [0.15, 0.2) is 199 Å². The van der Waals surface area contributed by atoms with Crippen molar-refractivity contribution in [1.82, 2.24) is 19.9 Å². The molecule has 2 unspecified atom stereocenters. The summed E-state index contributed by atoms with van der Waals surface area (Å²) in [6, 6.07) is 54.6. The molecule has 0 amide bonds. The monoisotopic (exact) mass is 796 g/mol. The van der Waals surface area contributed by atoms with Crippen molar-refractivity contribution >= 4 is 16.5 Å². The van der Waals surface area contributed by atoms with Gasteiger partial charge in [0.05, 0.1) is 10.9 Å². The number of allylic oxidation sites excluding steroid dienone is 8. The molecule has 12 rings (SSSR count). The van der Waals surface area contributed by atoms with E-state index in [-0.39, 0.29) is 11.3 Å². The second-order valence-corrected chi connectivity index (χ2v) is 17.6. The predicted molar refractivity (Wildman–Crippen MR) is 253 cm³/mol. The maximum absolute atomic E-state index is 5.33. The van der Waals surface area contributed by atoms with Crippen LogP contribution in [-0.4, -0.2) is 19.9 Å². The highest BCUT2D eigenvalue weighted by molar-refractivity contribution is 5.97. The number of pyridine rings is 1. The van der Waals surface area contributed by atoms with Crippen molar-refractivity contribution in [1.29, 1.82) is 0 Å².